The molecule has 0 bridgehead atoms. The summed E-state index contributed by atoms with van der Waals surface area (Å²) in [5.41, 5.74) is 2.41. The molecule has 0 spiro atoms. The molecule has 2 unspecified atom stereocenters. The maximum atomic E-state index is 14.2. The van der Waals surface area contributed by atoms with Crippen molar-refractivity contribution in [2.45, 2.75) is 50.2 Å². The zero-order valence-corrected chi connectivity index (χ0v) is 19.4. The Bertz CT molecular complexity index is 1040. The number of amides is 1. The molecule has 176 valence electrons. The van der Waals surface area contributed by atoms with Crippen LogP contribution in [0.1, 0.15) is 60.9 Å². The van der Waals surface area contributed by atoms with Crippen LogP contribution in [0.5, 0.6) is 0 Å². The minimum atomic E-state index is -0.543. The van der Waals surface area contributed by atoms with Gasteiger partial charge in [0.15, 0.2) is 0 Å². The van der Waals surface area contributed by atoms with Crippen LogP contribution in [-0.2, 0) is 4.79 Å². The number of halogens is 2. The molecule has 3 heterocycles. The second-order valence-electron chi connectivity index (χ2n) is 9.32. The van der Waals surface area contributed by atoms with Gasteiger partial charge in [-0.25, -0.2) is 14.4 Å². The molecule has 5 rings (SSSR count). The molecule has 1 aromatic carbocycles. The fourth-order valence-corrected chi connectivity index (χ4v) is 5.66. The predicted octanol–water partition coefficient (Wildman–Crippen LogP) is 2.99. The van der Waals surface area contributed by atoms with E-state index in [4.69, 9.17) is 11.6 Å². The van der Waals surface area contributed by atoms with E-state index in [0.717, 1.165) is 36.5 Å². The number of benzene rings is 1. The zero-order chi connectivity index (χ0) is 23.1. The van der Waals surface area contributed by atoms with Crippen molar-refractivity contribution in [2.75, 3.05) is 37.6 Å². The third-order valence-corrected chi connectivity index (χ3v) is 7.55. The van der Waals surface area contributed by atoms with E-state index in [1.165, 1.54) is 18.5 Å². The number of hydrogen-bond donors (Lipinski definition) is 2. The van der Waals surface area contributed by atoms with E-state index in [2.05, 4.69) is 27.1 Å². The van der Waals surface area contributed by atoms with Gasteiger partial charge in [0.2, 0.25) is 5.91 Å². The normalized spacial score (nSPS) is 25.9. The highest BCUT2D eigenvalue weighted by Crippen LogP contribution is 2.43. The Morgan fingerprint density at radius 2 is 2.06 bits per heavy atom. The molecule has 4 atom stereocenters. The van der Waals surface area contributed by atoms with Crippen LogP contribution in [-0.4, -0.2) is 64.6 Å². The van der Waals surface area contributed by atoms with Crippen molar-refractivity contribution in [1.29, 1.82) is 0 Å². The highest BCUT2D eigenvalue weighted by molar-refractivity contribution is 6.30. The highest BCUT2D eigenvalue weighted by Gasteiger charge is 2.38. The first-order valence-corrected chi connectivity index (χ1v) is 12.1. The standard InChI is InChI=1S/C24H29ClFN5O2/c1-14-11-19(32)22-20(14)23(29-13-28-22)30-7-9-31(10-8-30)24(33)21(18-3-2-6-27-18)15-4-5-16(25)17(26)12-15/h4-5,12-14,18-19,21,27,32H,2-3,6-11H2,1H3/t14-,18?,19-,21?/m1/s1. The number of nitrogens with zero attached hydrogens (tertiary/aromatic N) is 4. The molecule has 2 aromatic rings. The third kappa shape index (κ3) is 4.20. The smallest absolute Gasteiger partial charge is 0.231 e. The van der Waals surface area contributed by atoms with E-state index < -0.39 is 17.8 Å². The molecule has 2 aliphatic heterocycles. The molecular formula is C24H29ClFN5O2. The molecule has 0 saturated carbocycles. The lowest BCUT2D eigenvalue weighted by Gasteiger charge is -2.38. The molecule has 2 saturated heterocycles. The van der Waals surface area contributed by atoms with Gasteiger partial charge in [-0.05, 0) is 49.4 Å². The summed E-state index contributed by atoms with van der Waals surface area (Å²) in [5.74, 6) is 0.147. The van der Waals surface area contributed by atoms with Crippen LogP contribution >= 0.6 is 11.6 Å². The van der Waals surface area contributed by atoms with Crippen LogP contribution in [0.15, 0.2) is 24.5 Å². The molecule has 7 nitrogen and oxygen atoms in total. The summed E-state index contributed by atoms with van der Waals surface area (Å²) in [4.78, 5) is 26.6. The minimum absolute atomic E-state index is 0.0106. The number of aromatic nitrogens is 2. The Labute approximate surface area is 198 Å². The number of aliphatic hydroxyl groups excluding tert-OH is 1. The van der Waals surface area contributed by atoms with E-state index in [9.17, 15) is 14.3 Å². The van der Waals surface area contributed by atoms with Crippen LogP contribution in [0.2, 0.25) is 5.02 Å². The van der Waals surface area contributed by atoms with Gasteiger partial charge in [-0.3, -0.25) is 4.79 Å². The van der Waals surface area contributed by atoms with Gasteiger partial charge < -0.3 is 20.2 Å². The van der Waals surface area contributed by atoms with Crippen molar-refractivity contribution in [3.63, 3.8) is 0 Å². The Balaban J connectivity index is 1.34. The van der Waals surface area contributed by atoms with Gasteiger partial charge in [0, 0.05) is 37.8 Å². The van der Waals surface area contributed by atoms with Crippen molar-refractivity contribution in [2.24, 2.45) is 0 Å². The summed E-state index contributed by atoms with van der Waals surface area (Å²) in [6.07, 6.45) is 3.52. The summed E-state index contributed by atoms with van der Waals surface area (Å²) in [7, 11) is 0. The Morgan fingerprint density at radius 1 is 1.27 bits per heavy atom. The van der Waals surface area contributed by atoms with Crippen molar-refractivity contribution in [3.8, 4) is 0 Å². The molecule has 1 aromatic heterocycles. The number of rotatable bonds is 4. The van der Waals surface area contributed by atoms with Gasteiger partial charge in [0.1, 0.15) is 18.0 Å². The molecule has 33 heavy (non-hydrogen) atoms. The number of carbonyl (C=O) groups excluding carboxylic acids is 1. The van der Waals surface area contributed by atoms with Crippen LogP contribution in [0, 0.1) is 5.82 Å². The van der Waals surface area contributed by atoms with Gasteiger partial charge in [-0.1, -0.05) is 24.6 Å². The lowest BCUT2D eigenvalue weighted by molar-refractivity contribution is -0.133. The van der Waals surface area contributed by atoms with Gasteiger partial charge in [-0.2, -0.15) is 0 Å². The Hall–Kier alpha value is -2.29. The number of anilines is 1. The first kappa shape index (κ1) is 22.5. The molecule has 2 N–H and O–H groups in total. The van der Waals surface area contributed by atoms with E-state index in [-0.39, 0.29) is 22.9 Å². The maximum absolute atomic E-state index is 14.2. The largest absolute Gasteiger partial charge is 0.387 e. The number of aliphatic hydroxyl groups is 1. The SMILES string of the molecule is C[C@@H]1C[C@@H](O)c2ncnc(N3CCN(C(=O)C(c4ccc(Cl)c(F)c4)C4CCCN4)CC3)c21. The topological polar surface area (TPSA) is 81.6 Å². The monoisotopic (exact) mass is 473 g/mol. The molecule has 1 amide bonds. The Morgan fingerprint density at radius 3 is 2.76 bits per heavy atom. The van der Waals surface area contributed by atoms with E-state index in [1.807, 2.05) is 4.90 Å². The number of hydrogen-bond acceptors (Lipinski definition) is 6. The fraction of sp³-hybridized carbons (Fsp3) is 0.542. The lowest BCUT2D eigenvalue weighted by Crippen LogP contribution is -2.52. The van der Waals surface area contributed by atoms with Gasteiger partial charge in [0.05, 0.1) is 22.7 Å². The first-order valence-electron chi connectivity index (χ1n) is 11.7. The number of nitrogens with one attached hydrogen (secondary N) is 1. The van der Waals surface area contributed by atoms with Crippen molar-refractivity contribution < 1.29 is 14.3 Å². The van der Waals surface area contributed by atoms with E-state index >= 15 is 0 Å². The summed E-state index contributed by atoms with van der Waals surface area (Å²) in [6.45, 7) is 5.38. The molecule has 2 fully saturated rings. The number of fused-ring (bicyclic) bond motifs is 1. The van der Waals surface area contributed by atoms with Crippen molar-refractivity contribution >= 4 is 23.3 Å². The molecule has 1 aliphatic carbocycles. The van der Waals surface area contributed by atoms with Crippen LogP contribution in [0.4, 0.5) is 10.2 Å². The Kier molecular flexibility index (Phi) is 6.24. The summed E-state index contributed by atoms with van der Waals surface area (Å²) >= 11 is 5.89. The number of carbonyl (C=O) groups is 1. The third-order valence-electron chi connectivity index (χ3n) is 7.24. The maximum Gasteiger partial charge on any atom is 0.231 e. The lowest BCUT2D eigenvalue weighted by atomic mass is 9.88. The summed E-state index contributed by atoms with van der Waals surface area (Å²) in [5, 5.41) is 13.8. The van der Waals surface area contributed by atoms with Gasteiger partial charge in [0.25, 0.3) is 0 Å². The van der Waals surface area contributed by atoms with Crippen molar-refractivity contribution in [3.05, 3.63) is 52.2 Å². The van der Waals surface area contributed by atoms with Crippen LogP contribution in [0.3, 0.4) is 0 Å². The average Bonchev–Trinajstić information content (AvgIpc) is 3.45. The molecular weight excluding hydrogens is 445 g/mol. The molecule has 9 heteroatoms. The highest BCUT2D eigenvalue weighted by atomic mass is 35.5. The quantitative estimate of drug-likeness (QED) is 0.710. The summed E-state index contributed by atoms with van der Waals surface area (Å²) in [6, 6.07) is 4.69. The van der Waals surface area contributed by atoms with E-state index in [0.29, 0.717) is 38.2 Å². The van der Waals surface area contributed by atoms with Gasteiger partial charge in [-0.15, -0.1) is 0 Å². The fourth-order valence-electron chi connectivity index (χ4n) is 5.54. The number of piperazine rings is 1. The van der Waals surface area contributed by atoms with Crippen LogP contribution in [0.25, 0.3) is 0 Å². The minimum Gasteiger partial charge on any atom is -0.387 e. The zero-order valence-electron chi connectivity index (χ0n) is 18.7. The average molecular weight is 474 g/mol. The van der Waals surface area contributed by atoms with Gasteiger partial charge >= 0.3 is 0 Å². The van der Waals surface area contributed by atoms with Crippen LogP contribution < -0.4 is 10.2 Å². The molecule has 0 radical (unpaired) electrons. The predicted molar refractivity (Wildman–Crippen MR) is 124 cm³/mol. The second-order valence-corrected chi connectivity index (χ2v) is 9.72. The second kappa shape index (κ2) is 9.16. The van der Waals surface area contributed by atoms with Crippen molar-refractivity contribution in [1.82, 2.24) is 20.2 Å². The summed E-state index contributed by atoms with van der Waals surface area (Å²) < 4.78 is 14.2. The van der Waals surface area contributed by atoms with E-state index in [1.54, 1.807) is 6.07 Å². The molecule has 3 aliphatic rings. The first-order chi connectivity index (χ1) is 15.9.